The van der Waals surface area contributed by atoms with Crippen molar-refractivity contribution in [2.24, 2.45) is 0 Å². The third-order valence-electron chi connectivity index (χ3n) is 2.23. The Morgan fingerprint density at radius 1 is 1.17 bits per heavy atom. The molecule has 0 saturated carbocycles. The number of rotatable bonds is 3. The van der Waals surface area contributed by atoms with Gasteiger partial charge in [-0.3, -0.25) is 0 Å². The molecule has 3 nitrogen and oxygen atoms in total. The first-order valence-corrected chi connectivity index (χ1v) is 5.41. The van der Waals surface area contributed by atoms with Crippen LogP contribution in [0.15, 0.2) is 42.5 Å². The minimum absolute atomic E-state index is 0.0389. The van der Waals surface area contributed by atoms with Crippen molar-refractivity contribution in [1.29, 1.82) is 0 Å². The molecule has 0 saturated heterocycles. The molecule has 0 bridgehead atoms. The molecule has 2 aromatic rings. The van der Waals surface area contributed by atoms with Crippen LogP contribution >= 0.6 is 11.6 Å². The third kappa shape index (κ3) is 2.60. The van der Waals surface area contributed by atoms with E-state index in [1.807, 2.05) is 0 Å². The molecular formula is C13H8ClFO3. The first kappa shape index (κ1) is 12.4. The second-order valence-corrected chi connectivity index (χ2v) is 3.91. The summed E-state index contributed by atoms with van der Waals surface area (Å²) >= 11 is 5.70. The van der Waals surface area contributed by atoms with E-state index in [2.05, 4.69) is 0 Å². The minimum Gasteiger partial charge on any atom is -0.478 e. The van der Waals surface area contributed by atoms with Crippen molar-refractivity contribution in [2.45, 2.75) is 0 Å². The second kappa shape index (κ2) is 5.06. The molecule has 1 N–H and O–H groups in total. The number of hydrogen-bond acceptors (Lipinski definition) is 2. The lowest BCUT2D eigenvalue weighted by Crippen LogP contribution is -2.00. The fourth-order valence-corrected chi connectivity index (χ4v) is 1.58. The molecule has 0 aromatic heterocycles. The lowest BCUT2D eigenvalue weighted by molar-refractivity contribution is 0.0694. The highest BCUT2D eigenvalue weighted by molar-refractivity contribution is 6.31. The fourth-order valence-electron chi connectivity index (χ4n) is 1.40. The van der Waals surface area contributed by atoms with Crippen molar-refractivity contribution in [3.8, 4) is 11.5 Å². The molecule has 92 valence electrons. The number of ether oxygens (including phenoxy) is 1. The Labute approximate surface area is 107 Å². The molecule has 0 fully saturated rings. The molecular weight excluding hydrogens is 259 g/mol. The number of carboxylic acid groups (broad SMARTS) is 1. The average Bonchev–Trinajstić information content (AvgIpc) is 2.34. The Bertz CT molecular complexity index is 599. The minimum atomic E-state index is -1.19. The van der Waals surface area contributed by atoms with Crippen LogP contribution < -0.4 is 4.74 Å². The van der Waals surface area contributed by atoms with Crippen LogP contribution in [0.25, 0.3) is 0 Å². The first-order valence-electron chi connectivity index (χ1n) is 5.03. The molecule has 0 aliphatic carbocycles. The molecule has 5 heteroatoms. The number of aromatic carboxylic acids is 1. The monoisotopic (exact) mass is 266 g/mol. The van der Waals surface area contributed by atoms with Crippen LogP contribution in [-0.4, -0.2) is 11.1 Å². The van der Waals surface area contributed by atoms with Crippen molar-refractivity contribution >= 4 is 17.6 Å². The van der Waals surface area contributed by atoms with Crippen LogP contribution in [0.1, 0.15) is 10.4 Å². The Morgan fingerprint density at radius 3 is 2.56 bits per heavy atom. The summed E-state index contributed by atoms with van der Waals surface area (Å²) in [5.74, 6) is -1.76. The van der Waals surface area contributed by atoms with Gasteiger partial charge in [-0.2, -0.15) is 0 Å². The standard InChI is InChI=1S/C13H8ClFO3/c14-8-5-6-11(9(7-8)13(16)17)18-12-4-2-1-3-10(12)15/h1-7H,(H,16,17). The first-order chi connectivity index (χ1) is 8.58. The van der Waals surface area contributed by atoms with E-state index in [1.54, 1.807) is 6.07 Å². The van der Waals surface area contributed by atoms with Gasteiger partial charge in [0.25, 0.3) is 0 Å². The highest BCUT2D eigenvalue weighted by atomic mass is 35.5. The van der Waals surface area contributed by atoms with Gasteiger partial charge in [0.1, 0.15) is 11.3 Å². The molecule has 2 rings (SSSR count). The van der Waals surface area contributed by atoms with Gasteiger partial charge in [0.05, 0.1) is 0 Å². The van der Waals surface area contributed by atoms with Crippen molar-refractivity contribution in [3.05, 3.63) is 58.9 Å². The molecule has 0 heterocycles. The Morgan fingerprint density at radius 2 is 1.89 bits per heavy atom. The Hall–Kier alpha value is -2.07. The van der Waals surface area contributed by atoms with Crippen molar-refractivity contribution in [3.63, 3.8) is 0 Å². The van der Waals surface area contributed by atoms with Crippen molar-refractivity contribution in [1.82, 2.24) is 0 Å². The van der Waals surface area contributed by atoms with Crippen LogP contribution in [0.2, 0.25) is 5.02 Å². The van der Waals surface area contributed by atoms with Gasteiger partial charge < -0.3 is 9.84 Å². The van der Waals surface area contributed by atoms with E-state index in [1.165, 1.54) is 36.4 Å². The van der Waals surface area contributed by atoms with Crippen molar-refractivity contribution < 1.29 is 19.0 Å². The summed E-state index contributed by atoms with van der Waals surface area (Å²) in [6.45, 7) is 0. The normalized spacial score (nSPS) is 10.1. The van der Waals surface area contributed by atoms with Crippen LogP contribution in [-0.2, 0) is 0 Å². The molecule has 0 spiro atoms. The smallest absolute Gasteiger partial charge is 0.339 e. The van der Waals surface area contributed by atoms with Gasteiger partial charge >= 0.3 is 5.97 Å². The predicted molar refractivity (Wildman–Crippen MR) is 64.9 cm³/mol. The molecule has 0 amide bonds. The quantitative estimate of drug-likeness (QED) is 0.914. The van der Waals surface area contributed by atoms with E-state index in [9.17, 15) is 9.18 Å². The largest absolute Gasteiger partial charge is 0.478 e. The zero-order chi connectivity index (χ0) is 13.1. The van der Waals surface area contributed by atoms with Crippen molar-refractivity contribution in [2.75, 3.05) is 0 Å². The zero-order valence-electron chi connectivity index (χ0n) is 9.06. The zero-order valence-corrected chi connectivity index (χ0v) is 9.82. The van der Waals surface area contributed by atoms with Gasteiger partial charge in [-0.05, 0) is 30.3 Å². The summed E-state index contributed by atoms with van der Waals surface area (Å²) in [5.41, 5.74) is -0.120. The number of carbonyl (C=O) groups is 1. The van der Waals surface area contributed by atoms with E-state index in [0.29, 0.717) is 0 Å². The van der Waals surface area contributed by atoms with E-state index in [4.69, 9.17) is 21.4 Å². The second-order valence-electron chi connectivity index (χ2n) is 3.48. The van der Waals surface area contributed by atoms with Crippen LogP contribution in [0.3, 0.4) is 0 Å². The summed E-state index contributed by atoms with van der Waals surface area (Å²) in [5, 5.41) is 9.28. The number of benzene rings is 2. The topological polar surface area (TPSA) is 46.5 Å². The molecule has 0 radical (unpaired) electrons. The summed E-state index contributed by atoms with van der Waals surface area (Å²) in [6.07, 6.45) is 0. The molecule has 0 unspecified atom stereocenters. The van der Waals surface area contributed by atoms with Crippen LogP contribution in [0.4, 0.5) is 4.39 Å². The van der Waals surface area contributed by atoms with E-state index >= 15 is 0 Å². The Kier molecular flexibility index (Phi) is 3.48. The molecule has 18 heavy (non-hydrogen) atoms. The maximum Gasteiger partial charge on any atom is 0.339 e. The summed E-state index contributed by atoms with van der Waals surface area (Å²) in [4.78, 5) is 11.0. The van der Waals surface area contributed by atoms with E-state index in [0.717, 1.165) is 0 Å². The lowest BCUT2D eigenvalue weighted by Gasteiger charge is -2.09. The number of halogens is 2. The van der Waals surface area contributed by atoms with Gasteiger partial charge in [0.2, 0.25) is 0 Å². The van der Waals surface area contributed by atoms with Gasteiger partial charge in [-0.1, -0.05) is 23.7 Å². The number of hydrogen-bond donors (Lipinski definition) is 1. The van der Waals surface area contributed by atoms with Gasteiger partial charge in [-0.25, -0.2) is 9.18 Å². The lowest BCUT2D eigenvalue weighted by atomic mass is 10.2. The van der Waals surface area contributed by atoms with Crippen LogP contribution in [0.5, 0.6) is 11.5 Å². The van der Waals surface area contributed by atoms with Crippen LogP contribution in [0, 0.1) is 5.82 Å². The number of para-hydroxylation sites is 1. The van der Waals surface area contributed by atoms with Gasteiger partial charge in [0, 0.05) is 5.02 Å². The summed E-state index contributed by atoms with van der Waals surface area (Å²) in [7, 11) is 0. The third-order valence-corrected chi connectivity index (χ3v) is 2.46. The van der Waals surface area contributed by atoms with E-state index in [-0.39, 0.29) is 22.1 Å². The highest BCUT2D eigenvalue weighted by Crippen LogP contribution is 2.29. The molecule has 0 aliphatic rings. The summed E-state index contributed by atoms with van der Waals surface area (Å²) in [6, 6.07) is 9.86. The Balaban J connectivity index is 2.41. The number of carboxylic acids is 1. The van der Waals surface area contributed by atoms with E-state index < -0.39 is 11.8 Å². The highest BCUT2D eigenvalue weighted by Gasteiger charge is 2.14. The average molecular weight is 267 g/mol. The molecule has 0 aliphatic heterocycles. The molecule has 0 atom stereocenters. The molecule has 2 aromatic carbocycles. The maximum atomic E-state index is 13.4. The SMILES string of the molecule is O=C(O)c1cc(Cl)ccc1Oc1ccccc1F. The predicted octanol–water partition coefficient (Wildman–Crippen LogP) is 3.97. The fraction of sp³-hybridized carbons (Fsp3) is 0. The van der Waals surface area contributed by atoms with Gasteiger partial charge in [-0.15, -0.1) is 0 Å². The summed E-state index contributed by atoms with van der Waals surface area (Å²) < 4.78 is 18.6. The van der Waals surface area contributed by atoms with Gasteiger partial charge in [0.15, 0.2) is 11.6 Å². The maximum absolute atomic E-state index is 13.4.